The van der Waals surface area contributed by atoms with E-state index in [1.54, 1.807) is 6.07 Å². The number of benzene rings is 1. The normalized spacial score (nSPS) is 20.9. The van der Waals surface area contributed by atoms with Crippen LogP contribution >= 0.6 is 0 Å². The van der Waals surface area contributed by atoms with E-state index in [2.05, 4.69) is 20.0 Å². The van der Waals surface area contributed by atoms with Crippen molar-refractivity contribution in [3.63, 3.8) is 0 Å². The van der Waals surface area contributed by atoms with Crippen molar-refractivity contribution in [2.24, 2.45) is 0 Å². The van der Waals surface area contributed by atoms with E-state index in [1.807, 2.05) is 6.92 Å². The molecule has 0 radical (unpaired) electrons. The first-order chi connectivity index (χ1) is 12.6. The monoisotopic (exact) mass is 362 g/mol. The summed E-state index contributed by atoms with van der Waals surface area (Å²) in [4.78, 5) is 4.50. The zero-order valence-corrected chi connectivity index (χ0v) is 15.0. The SMILES string of the molecule is CC(c1ccc(F)cc1F)N1CCN(Cc2nnc(C3CCC3)o2)CC1. The summed E-state index contributed by atoms with van der Waals surface area (Å²) in [6.07, 6.45) is 3.55. The first kappa shape index (κ1) is 17.5. The van der Waals surface area contributed by atoms with Crippen molar-refractivity contribution in [2.45, 2.75) is 44.7 Å². The molecule has 1 saturated carbocycles. The Labute approximate surface area is 152 Å². The number of piperazine rings is 1. The Morgan fingerprint density at radius 1 is 1.15 bits per heavy atom. The molecule has 2 fully saturated rings. The topological polar surface area (TPSA) is 45.4 Å². The van der Waals surface area contributed by atoms with E-state index in [0.717, 1.165) is 51.0 Å². The van der Waals surface area contributed by atoms with E-state index in [9.17, 15) is 8.78 Å². The molecular formula is C19H24F2N4O. The predicted octanol–water partition coefficient (Wildman–Crippen LogP) is 3.49. The highest BCUT2D eigenvalue weighted by Crippen LogP contribution is 2.35. The Balaban J connectivity index is 1.31. The highest BCUT2D eigenvalue weighted by Gasteiger charge is 2.27. The van der Waals surface area contributed by atoms with Gasteiger partial charge < -0.3 is 4.42 Å². The zero-order chi connectivity index (χ0) is 18.1. The van der Waals surface area contributed by atoms with Gasteiger partial charge in [-0.05, 0) is 25.8 Å². The third-order valence-electron chi connectivity index (χ3n) is 5.66. The molecular weight excluding hydrogens is 338 g/mol. The standard InChI is InChI=1S/C19H24F2N4O/c1-13(16-6-5-15(20)11-17(16)21)25-9-7-24(8-10-25)12-18-22-23-19(26-18)14-3-2-4-14/h5-6,11,13-14H,2-4,7-10,12H2,1H3. The summed E-state index contributed by atoms with van der Waals surface area (Å²) in [6, 6.07) is 3.74. The van der Waals surface area contributed by atoms with Crippen LogP contribution < -0.4 is 0 Å². The molecule has 26 heavy (non-hydrogen) atoms. The minimum absolute atomic E-state index is 0.0774. The molecule has 0 N–H and O–H groups in total. The average molecular weight is 362 g/mol. The predicted molar refractivity (Wildman–Crippen MR) is 92.5 cm³/mol. The summed E-state index contributed by atoms with van der Waals surface area (Å²) in [6.45, 7) is 5.98. The van der Waals surface area contributed by atoms with Gasteiger partial charge in [0, 0.05) is 49.8 Å². The van der Waals surface area contributed by atoms with Crippen molar-refractivity contribution in [3.8, 4) is 0 Å². The Morgan fingerprint density at radius 2 is 1.92 bits per heavy atom. The second-order valence-electron chi connectivity index (χ2n) is 7.32. The molecule has 1 aromatic heterocycles. The second kappa shape index (κ2) is 7.40. The molecule has 2 heterocycles. The van der Waals surface area contributed by atoms with Crippen molar-refractivity contribution in [2.75, 3.05) is 26.2 Å². The van der Waals surface area contributed by atoms with Crippen LogP contribution in [0.25, 0.3) is 0 Å². The molecule has 140 valence electrons. The molecule has 0 spiro atoms. The fourth-order valence-corrected chi connectivity index (χ4v) is 3.69. The number of hydrogen-bond acceptors (Lipinski definition) is 5. The zero-order valence-electron chi connectivity index (χ0n) is 15.0. The molecule has 1 saturated heterocycles. The molecule has 0 bridgehead atoms. The molecule has 0 amide bonds. The fraction of sp³-hybridized carbons (Fsp3) is 0.579. The average Bonchev–Trinajstić information content (AvgIpc) is 3.01. The molecule has 2 aromatic rings. The van der Waals surface area contributed by atoms with Gasteiger partial charge in [-0.2, -0.15) is 0 Å². The van der Waals surface area contributed by atoms with Gasteiger partial charge in [-0.3, -0.25) is 9.80 Å². The highest BCUT2D eigenvalue weighted by molar-refractivity contribution is 5.22. The van der Waals surface area contributed by atoms with Crippen LogP contribution in [0.5, 0.6) is 0 Å². The minimum Gasteiger partial charge on any atom is -0.424 e. The fourth-order valence-electron chi connectivity index (χ4n) is 3.69. The molecule has 2 aliphatic rings. The van der Waals surface area contributed by atoms with Crippen molar-refractivity contribution < 1.29 is 13.2 Å². The molecule has 1 unspecified atom stereocenters. The molecule has 1 aliphatic heterocycles. The van der Waals surface area contributed by atoms with Gasteiger partial charge in [0.25, 0.3) is 0 Å². The van der Waals surface area contributed by atoms with E-state index in [0.29, 0.717) is 23.9 Å². The molecule has 5 nitrogen and oxygen atoms in total. The lowest BCUT2D eigenvalue weighted by atomic mass is 9.85. The largest absolute Gasteiger partial charge is 0.424 e. The van der Waals surface area contributed by atoms with Crippen LogP contribution in [-0.2, 0) is 6.54 Å². The molecule has 4 rings (SSSR count). The molecule has 1 aliphatic carbocycles. The second-order valence-corrected chi connectivity index (χ2v) is 7.32. The number of halogens is 2. The van der Waals surface area contributed by atoms with E-state index in [1.165, 1.54) is 12.5 Å². The molecule has 1 aromatic carbocycles. The number of aromatic nitrogens is 2. The Morgan fingerprint density at radius 3 is 2.58 bits per heavy atom. The maximum atomic E-state index is 14.0. The molecule has 7 heteroatoms. The minimum atomic E-state index is -0.538. The van der Waals surface area contributed by atoms with E-state index in [-0.39, 0.29) is 6.04 Å². The smallest absolute Gasteiger partial charge is 0.230 e. The van der Waals surface area contributed by atoms with Crippen molar-refractivity contribution in [1.29, 1.82) is 0 Å². The lowest BCUT2D eigenvalue weighted by Gasteiger charge is -2.37. The van der Waals surface area contributed by atoms with E-state index in [4.69, 9.17) is 4.42 Å². The summed E-state index contributed by atoms with van der Waals surface area (Å²) in [7, 11) is 0. The summed E-state index contributed by atoms with van der Waals surface area (Å²) in [5.74, 6) is 0.904. The van der Waals surface area contributed by atoms with Crippen LogP contribution in [0.4, 0.5) is 8.78 Å². The highest BCUT2D eigenvalue weighted by atomic mass is 19.1. The van der Waals surface area contributed by atoms with E-state index >= 15 is 0 Å². The third kappa shape index (κ3) is 3.64. The number of rotatable bonds is 5. The van der Waals surface area contributed by atoms with E-state index < -0.39 is 11.6 Å². The maximum absolute atomic E-state index is 14.0. The summed E-state index contributed by atoms with van der Waals surface area (Å²) < 4.78 is 32.9. The van der Waals surface area contributed by atoms with Gasteiger partial charge in [0.15, 0.2) is 0 Å². The Hall–Kier alpha value is -1.86. The lowest BCUT2D eigenvalue weighted by molar-refractivity contribution is 0.0903. The van der Waals surface area contributed by atoms with Gasteiger partial charge in [0.1, 0.15) is 11.6 Å². The van der Waals surface area contributed by atoms with Crippen molar-refractivity contribution >= 4 is 0 Å². The van der Waals surface area contributed by atoms with Gasteiger partial charge in [0.05, 0.1) is 6.54 Å². The van der Waals surface area contributed by atoms with Gasteiger partial charge in [-0.1, -0.05) is 12.5 Å². The summed E-state index contributed by atoms with van der Waals surface area (Å²) in [5, 5.41) is 8.36. The van der Waals surface area contributed by atoms with Crippen molar-refractivity contribution in [3.05, 3.63) is 47.2 Å². The van der Waals surface area contributed by atoms with Crippen LogP contribution in [0.3, 0.4) is 0 Å². The van der Waals surface area contributed by atoms with Gasteiger partial charge in [-0.15, -0.1) is 10.2 Å². The van der Waals surface area contributed by atoms with Crippen LogP contribution in [0.1, 0.15) is 55.5 Å². The summed E-state index contributed by atoms with van der Waals surface area (Å²) in [5.41, 5.74) is 0.543. The Bertz CT molecular complexity index is 754. The lowest BCUT2D eigenvalue weighted by Crippen LogP contribution is -2.46. The van der Waals surface area contributed by atoms with Crippen LogP contribution in [0.2, 0.25) is 0 Å². The maximum Gasteiger partial charge on any atom is 0.230 e. The first-order valence-corrected chi connectivity index (χ1v) is 9.34. The number of nitrogens with zero attached hydrogens (tertiary/aromatic N) is 4. The quantitative estimate of drug-likeness (QED) is 0.815. The van der Waals surface area contributed by atoms with Crippen LogP contribution in [0.15, 0.2) is 22.6 Å². The first-order valence-electron chi connectivity index (χ1n) is 9.34. The third-order valence-corrected chi connectivity index (χ3v) is 5.66. The van der Waals surface area contributed by atoms with Crippen LogP contribution in [0, 0.1) is 11.6 Å². The molecule has 1 atom stereocenters. The van der Waals surface area contributed by atoms with Crippen molar-refractivity contribution in [1.82, 2.24) is 20.0 Å². The Kier molecular flexibility index (Phi) is 5.00. The number of hydrogen-bond donors (Lipinski definition) is 0. The van der Waals surface area contributed by atoms with Gasteiger partial charge in [-0.25, -0.2) is 8.78 Å². The van der Waals surface area contributed by atoms with Crippen LogP contribution in [-0.4, -0.2) is 46.2 Å². The van der Waals surface area contributed by atoms with Gasteiger partial charge in [0.2, 0.25) is 11.8 Å². The van der Waals surface area contributed by atoms with Gasteiger partial charge >= 0.3 is 0 Å². The summed E-state index contributed by atoms with van der Waals surface area (Å²) >= 11 is 0.